The maximum absolute atomic E-state index is 11.4. The summed E-state index contributed by atoms with van der Waals surface area (Å²) in [5, 5.41) is 10.1. The Balaban J connectivity index is 3.10. The van der Waals surface area contributed by atoms with E-state index >= 15 is 0 Å². The smallest absolute Gasteiger partial charge is 0.163 e. The molecule has 1 aromatic rings. The van der Waals surface area contributed by atoms with Crippen molar-refractivity contribution in [3.63, 3.8) is 0 Å². The van der Waals surface area contributed by atoms with E-state index in [0.717, 1.165) is 24.8 Å². The largest absolute Gasteiger partial charge is 0.507 e. The third kappa shape index (κ3) is 4.23. The molecule has 1 aromatic carbocycles. The van der Waals surface area contributed by atoms with Crippen molar-refractivity contribution in [1.82, 2.24) is 0 Å². The first-order valence-corrected chi connectivity index (χ1v) is 7.59. The number of halogens is 1. The van der Waals surface area contributed by atoms with Gasteiger partial charge in [0.2, 0.25) is 0 Å². The van der Waals surface area contributed by atoms with Crippen molar-refractivity contribution in [3.8, 4) is 11.5 Å². The molecule has 106 valence electrons. The summed E-state index contributed by atoms with van der Waals surface area (Å²) in [6.45, 7) is 5.57. The van der Waals surface area contributed by atoms with Crippen LogP contribution in [0.2, 0.25) is 0 Å². The number of rotatable bonds is 7. The third-order valence-electron chi connectivity index (χ3n) is 2.89. The molecule has 0 bridgehead atoms. The molecule has 0 aliphatic carbocycles. The first kappa shape index (κ1) is 16.0. The van der Waals surface area contributed by atoms with Gasteiger partial charge in [0.15, 0.2) is 10.8 Å². The van der Waals surface area contributed by atoms with E-state index in [-0.39, 0.29) is 16.5 Å². The van der Waals surface area contributed by atoms with Gasteiger partial charge < -0.3 is 9.84 Å². The van der Waals surface area contributed by atoms with Crippen molar-refractivity contribution in [3.05, 3.63) is 23.3 Å². The fraction of sp³-hybridized carbons (Fsp3) is 0.533. The summed E-state index contributed by atoms with van der Waals surface area (Å²) in [5.41, 5.74) is 1.08. The van der Waals surface area contributed by atoms with Gasteiger partial charge in [0.05, 0.1) is 5.56 Å². The second kappa shape index (κ2) is 7.53. The van der Waals surface area contributed by atoms with Crippen molar-refractivity contribution in [1.29, 1.82) is 0 Å². The molecule has 1 unspecified atom stereocenters. The monoisotopic (exact) mass is 328 g/mol. The molecule has 0 radical (unpaired) electrons. The molecular weight excluding hydrogens is 308 g/mol. The molecule has 0 saturated heterocycles. The molecule has 0 aromatic heterocycles. The highest BCUT2D eigenvalue weighted by Gasteiger charge is 2.17. The van der Waals surface area contributed by atoms with E-state index in [2.05, 4.69) is 22.9 Å². The van der Waals surface area contributed by atoms with Gasteiger partial charge in [-0.1, -0.05) is 26.7 Å². The first-order valence-electron chi connectivity index (χ1n) is 6.67. The first-order chi connectivity index (χ1) is 9.01. The zero-order chi connectivity index (χ0) is 14.4. The molecule has 0 saturated carbocycles. The third-order valence-corrected chi connectivity index (χ3v) is 3.53. The van der Waals surface area contributed by atoms with E-state index in [1.165, 1.54) is 6.92 Å². The van der Waals surface area contributed by atoms with Crippen molar-refractivity contribution in [2.45, 2.75) is 51.5 Å². The predicted octanol–water partition coefficient (Wildman–Crippen LogP) is 4.45. The number of ketones is 1. The van der Waals surface area contributed by atoms with Gasteiger partial charge in [-0.2, -0.15) is 0 Å². The summed E-state index contributed by atoms with van der Waals surface area (Å²) >= 11 is 3.46. The van der Waals surface area contributed by atoms with Crippen LogP contribution >= 0.6 is 15.9 Å². The number of benzene rings is 1. The number of ether oxygens (including phenoxy) is 1. The van der Waals surface area contributed by atoms with Gasteiger partial charge in [-0.05, 0) is 47.8 Å². The lowest BCUT2D eigenvalue weighted by molar-refractivity contribution is 0.101. The number of hydrogen-bond acceptors (Lipinski definition) is 3. The van der Waals surface area contributed by atoms with Gasteiger partial charge in [-0.25, -0.2) is 0 Å². The van der Waals surface area contributed by atoms with Crippen LogP contribution in [-0.4, -0.2) is 15.9 Å². The number of hydrogen-bond donors (Lipinski definition) is 1. The Morgan fingerprint density at radius 2 is 2.05 bits per heavy atom. The van der Waals surface area contributed by atoms with Crippen LogP contribution < -0.4 is 4.74 Å². The number of carbonyl (C=O) groups excluding carboxylic acids is 1. The Hall–Kier alpha value is -1.03. The molecule has 0 aliphatic rings. The second-order valence-corrected chi connectivity index (χ2v) is 5.58. The van der Waals surface area contributed by atoms with E-state index in [9.17, 15) is 9.90 Å². The van der Waals surface area contributed by atoms with Gasteiger partial charge in [0.25, 0.3) is 0 Å². The molecule has 1 atom stereocenters. The Kier molecular flexibility index (Phi) is 6.35. The van der Waals surface area contributed by atoms with Crippen molar-refractivity contribution in [2.24, 2.45) is 0 Å². The number of phenolic OH excluding ortho intramolecular Hbond substituents is 1. The molecular formula is C15H21BrO3. The Morgan fingerprint density at radius 1 is 1.37 bits per heavy atom. The van der Waals surface area contributed by atoms with Crippen molar-refractivity contribution in [2.75, 3.05) is 0 Å². The Bertz CT molecular complexity index is 443. The molecule has 1 N–H and O–H groups in total. The molecule has 0 fully saturated rings. The lowest BCUT2D eigenvalue weighted by Gasteiger charge is -2.17. The van der Waals surface area contributed by atoms with E-state index in [0.29, 0.717) is 17.7 Å². The average molecular weight is 329 g/mol. The average Bonchev–Trinajstić information content (AvgIpc) is 2.33. The zero-order valence-corrected chi connectivity index (χ0v) is 13.3. The minimum absolute atomic E-state index is 0.0584. The fourth-order valence-corrected chi connectivity index (χ4v) is 2.59. The van der Waals surface area contributed by atoms with E-state index in [4.69, 9.17) is 4.74 Å². The van der Waals surface area contributed by atoms with Crippen LogP contribution in [0.15, 0.2) is 12.1 Å². The maximum atomic E-state index is 11.4. The minimum atomic E-state index is -0.134. The Labute approximate surface area is 123 Å². The summed E-state index contributed by atoms with van der Waals surface area (Å²) in [5.74, 6) is 0.577. The summed E-state index contributed by atoms with van der Waals surface area (Å²) in [6, 6.07) is 3.39. The van der Waals surface area contributed by atoms with E-state index in [1.54, 1.807) is 12.1 Å². The summed E-state index contributed by atoms with van der Waals surface area (Å²) < 4.78 is 5.80. The number of aromatic hydroxyl groups is 1. The number of phenols is 1. The fourth-order valence-electron chi connectivity index (χ4n) is 1.93. The number of carbonyl (C=O) groups is 1. The molecule has 3 nitrogen and oxygen atoms in total. The standard InChI is InChI=1S/C15H21BrO3/c1-4-6-12-13(19-14(16)7-5-2)9-8-11(10(3)17)15(12)18/h8-9,14,18H,4-7H2,1-3H3. The van der Waals surface area contributed by atoms with Gasteiger partial charge in [-0.15, -0.1) is 0 Å². The lowest BCUT2D eigenvalue weighted by Crippen LogP contribution is -2.10. The number of alkyl halides is 1. The van der Waals surface area contributed by atoms with Crippen LogP contribution in [-0.2, 0) is 6.42 Å². The molecule has 0 aliphatic heterocycles. The van der Waals surface area contributed by atoms with Crippen LogP contribution in [0.3, 0.4) is 0 Å². The molecule has 0 amide bonds. The predicted molar refractivity (Wildman–Crippen MR) is 80.4 cm³/mol. The summed E-state index contributed by atoms with van der Waals surface area (Å²) in [4.78, 5) is 11.4. The molecule has 4 heteroatoms. The quantitative estimate of drug-likeness (QED) is 0.594. The van der Waals surface area contributed by atoms with Crippen LogP contribution in [0.5, 0.6) is 11.5 Å². The summed E-state index contributed by atoms with van der Waals surface area (Å²) in [6.07, 6.45) is 3.47. The van der Waals surface area contributed by atoms with Crippen molar-refractivity contribution >= 4 is 21.7 Å². The van der Waals surface area contributed by atoms with E-state index < -0.39 is 0 Å². The lowest BCUT2D eigenvalue weighted by atomic mass is 10.0. The molecule has 1 rings (SSSR count). The highest BCUT2D eigenvalue weighted by atomic mass is 79.9. The maximum Gasteiger partial charge on any atom is 0.163 e. The highest BCUT2D eigenvalue weighted by molar-refractivity contribution is 9.09. The highest BCUT2D eigenvalue weighted by Crippen LogP contribution is 2.34. The summed E-state index contributed by atoms with van der Waals surface area (Å²) in [7, 11) is 0. The second-order valence-electron chi connectivity index (χ2n) is 4.56. The minimum Gasteiger partial charge on any atom is -0.507 e. The Morgan fingerprint density at radius 3 is 2.58 bits per heavy atom. The van der Waals surface area contributed by atoms with Crippen LogP contribution in [0.25, 0.3) is 0 Å². The van der Waals surface area contributed by atoms with Crippen LogP contribution in [0.1, 0.15) is 56.0 Å². The zero-order valence-electron chi connectivity index (χ0n) is 11.7. The molecule has 19 heavy (non-hydrogen) atoms. The van der Waals surface area contributed by atoms with Gasteiger partial charge in [0, 0.05) is 5.56 Å². The normalized spacial score (nSPS) is 12.2. The molecule has 0 spiro atoms. The van der Waals surface area contributed by atoms with Gasteiger partial charge >= 0.3 is 0 Å². The SMILES string of the molecule is CCCc1c(OC(Br)CCC)ccc(C(C)=O)c1O. The van der Waals surface area contributed by atoms with E-state index in [1.807, 2.05) is 6.92 Å². The van der Waals surface area contributed by atoms with Crippen LogP contribution in [0, 0.1) is 0 Å². The van der Waals surface area contributed by atoms with Crippen LogP contribution in [0.4, 0.5) is 0 Å². The number of Topliss-reactive ketones (excluding diaryl/α,β-unsaturated/α-hetero) is 1. The van der Waals surface area contributed by atoms with Gasteiger partial charge in [0.1, 0.15) is 11.5 Å². The topological polar surface area (TPSA) is 46.5 Å². The molecule has 0 heterocycles. The van der Waals surface area contributed by atoms with Gasteiger partial charge in [-0.3, -0.25) is 4.79 Å². The van der Waals surface area contributed by atoms with Crippen molar-refractivity contribution < 1.29 is 14.6 Å².